The normalized spacial score (nSPS) is 12.4. The summed E-state index contributed by atoms with van der Waals surface area (Å²) in [6.45, 7) is 5.22. The minimum absolute atomic E-state index is 0.656. The van der Waals surface area contributed by atoms with Crippen LogP contribution in [0.3, 0.4) is 0 Å². The molecule has 0 N–H and O–H groups in total. The second-order valence-corrected chi connectivity index (χ2v) is 4.52. The van der Waals surface area contributed by atoms with E-state index in [1.165, 1.54) is 25.7 Å². The fourth-order valence-electron chi connectivity index (χ4n) is 1.57. The first-order chi connectivity index (χ1) is 7.76. The van der Waals surface area contributed by atoms with E-state index in [2.05, 4.69) is 13.8 Å². The standard InChI is InChI=1S/C13H21ClNO/c1-3-5-6-12(4-2)11-16-15-9-7-13(14)8-10-15/h7-10,12H,3-6,11H2,1-2H3/q+1. The molecule has 0 bridgehead atoms. The van der Waals surface area contributed by atoms with Gasteiger partial charge in [0.1, 0.15) is 0 Å². The molecule has 2 nitrogen and oxygen atoms in total. The van der Waals surface area contributed by atoms with Gasteiger partial charge >= 0.3 is 0 Å². The Hall–Kier alpha value is -0.760. The van der Waals surface area contributed by atoms with Crippen molar-refractivity contribution in [2.75, 3.05) is 6.61 Å². The van der Waals surface area contributed by atoms with Gasteiger partial charge in [0.15, 0.2) is 6.61 Å². The van der Waals surface area contributed by atoms with E-state index in [1.54, 1.807) is 4.73 Å². The molecule has 1 unspecified atom stereocenters. The van der Waals surface area contributed by atoms with E-state index in [9.17, 15) is 0 Å². The van der Waals surface area contributed by atoms with Crippen LogP contribution < -0.4 is 9.57 Å². The Morgan fingerprint density at radius 1 is 1.31 bits per heavy atom. The Morgan fingerprint density at radius 3 is 2.56 bits per heavy atom. The lowest BCUT2D eigenvalue weighted by atomic mass is 10.0. The number of aromatic nitrogens is 1. The quantitative estimate of drug-likeness (QED) is 0.669. The maximum absolute atomic E-state index is 5.80. The van der Waals surface area contributed by atoms with Gasteiger partial charge in [0.2, 0.25) is 12.4 Å². The van der Waals surface area contributed by atoms with Gasteiger partial charge in [-0.3, -0.25) is 4.84 Å². The van der Waals surface area contributed by atoms with E-state index in [4.69, 9.17) is 16.4 Å². The molecule has 1 rings (SSSR count). The zero-order valence-electron chi connectivity index (χ0n) is 10.2. The van der Waals surface area contributed by atoms with E-state index in [-0.39, 0.29) is 0 Å². The number of nitrogens with zero attached hydrogens (tertiary/aromatic N) is 1. The molecule has 90 valence electrons. The fraction of sp³-hybridized carbons (Fsp3) is 0.615. The molecule has 0 fully saturated rings. The highest BCUT2D eigenvalue weighted by atomic mass is 35.5. The maximum atomic E-state index is 5.80. The van der Waals surface area contributed by atoms with Crippen LogP contribution in [0.15, 0.2) is 24.5 Å². The Kier molecular flexibility index (Phi) is 6.24. The fourth-order valence-corrected chi connectivity index (χ4v) is 1.68. The van der Waals surface area contributed by atoms with Crippen molar-refractivity contribution in [3.05, 3.63) is 29.5 Å². The molecule has 0 aliphatic heterocycles. The first kappa shape index (κ1) is 13.3. The lowest BCUT2D eigenvalue weighted by Gasteiger charge is -2.11. The van der Waals surface area contributed by atoms with Crippen LogP contribution in [0.5, 0.6) is 0 Å². The van der Waals surface area contributed by atoms with Crippen LogP contribution in [-0.4, -0.2) is 6.61 Å². The average molecular weight is 243 g/mol. The van der Waals surface area contributed by atoms with Gasteiger partial charge in [0, 0.05) is 16.9 Å². The van der Waals surface area contributed by atoms with E-state index >= 15 is 0 Å². The summed E-state index contributed by atoms with van der Waals surface area (Å²) in [4.78, 5) is 5.67. The largest absolute Gasteiger partial charge is 0.271 e. The Balaban J connectivity index is 2.34. The third-order valence-electron chi connectivity index (χ3n) is 2.76. The summed E-state index contributed by atoms with van der Waals surface area (Å²) < 4.78 is 1.72. The third kappa shape index (κ3) is 4.84. The molecule has 0 spiro atoms. The summed E-state index contributed by atoms with van der Waals surface area (Å²) in [7, 11) is 0. The summed E-state index contributed by atoms with van der Waals surface area (Å²) in [5, 5.41) is 0.734. The number of hydrogen-bond acceptors (Lipinski definition) is 1. The van der Waals surface area contributed by atoms with Crippen LogP contribution in [0.2, 0.25) is 5.02 Å². The van der Waals surface area contributed by atoms with E-state index < -0.39 is 0 Å². The van der Waals surface area contributed by atoms with Crippen molar-refractivity contribution in [3.8, 4) is 0 Å². The minimum Gasteiger partial charge on any atom is -0.271 e. The number of halogens is 1. The lowest BCUT2D eigenvalue weighted by molar-refractivity contribution is -0.892. The van der Waals surface area contributed by atoms with Crippen molar-refractivity contribution in [1.29, 1.82) is 0 Å². The van der Waals surface area contributed by atoms with Gasteiger partial charge < -0.3 is 0 Å². The summed E-state index contributed by atoms with van der Waals surface area (Å²) in [6, 6.07) is 3.66. The molecule has 3 heteroatoms. The molecule has 16 heavy (non-hydrogen) atoms. The van der Waals surface area contributed by atoms with Crippen LogP contribution in [0.4, 0.5) is 0 Å². The first-order valence-corrected chi connectivity index (χ1v) is 6.44. The van der Waals surface area contributed by atoms with Gasteiger partial charge in [-0.1, -0.05) is 38.3 Å². The SMILES string of the molecule is CCCCC(CC)CO[n+]1ccc(Cl)cc1. The van der Waals surface area contributed by atoms with Crippen LogP contribution in [0.25, 0.3) is 0 Å². The van der Waals surface area contributed by atoms with Crippen molar-refractivity contribution in [1.82, 2.24) is 0 Å². The van der Waals surface area contributed by atoms with Gasteiger partial charge in [-0.2, -0.15) is 0 Å². The van der Waals surface area contributed by atoms with E-state index in [1.807, 2.05) is 24.5 Å². The van der Waals surface area contributed by atoms with Gasteiger partial charge in [-0.15, -0.1) is 0 Å². The first-order valence-electron chi connectivity index (χ1n) is 6.06. The van der Waals surface area contributed by atoms with Gasteiger partial charge in [-0.25, -0.2) is 0 Å². The number of rotatable bonds is 7. The molecule has 0 amide bonds. The second kappa shape index (κ2) is 7.50. The van der Waals surface area contributed by atoms with Gasteiger partial charge in [-0.05, 0) is 18.8 Å². The third-order valence-corrected chi connectivity index (χ3v) is 3.02. The highest BCUT2D eigenvalue weighted by Gasteiger charge is 2.10. The smallest absolute Gasteiger partial charge is 0.223 e. The Bertz CT molecular complexity index is 286. The summed E-state index contributed by atoms with van der Waals surface area (Å²) in [6.07, 6.45) is 8.65. The topological polar surface area (TPSA) is 13.1 Å². The van der Waals surface area contributed by atoms with Crippen molar-refractivity contribution < 1.29 is 9.57 Å². The van der Waals surface area contributed by atoms with Crippen LogP contribution in [0.1, 0.15) is 39.5 Å². The molecule has 1 aromatic rings. The maximum Gasteiger partial charge on any atom is 0.223 e. The highest BCUT2D eigenvalue weighted by molar-refractivity contribution is 6.30. The summed E-state index contributed by atoms with van der Waals surface area (Å²) in [5.74, 6) is 0.656. The molecule has 0 saturated carbocycles. The molecule has 1 aromatic heterocycles. The zero-order chi connectivity index (χ0) is 11.8. The summed E-state index contributed by atoms with van der Waals surface area (Å²) >= 11 is 5.80. The minimum atomic E-state index is 0.656. The monoisotopic (exact) mass is 242 g/mol. The number of hydrogen-bond donors (Lipinski definition) is 0. The Labute approximate surface area is 103 Å². The van der Waals surface area contributed by atoms with Crippen molar-refractivity contribution in [2.45, 2.75) is 39.5 Å². The molecule has 0 aliphatic rings. The molecule has 1 atom stereocenters. The van der Waals surface area contributed by atoms with Crippen LogP contribution in [0, 0.1) is 5.92 Å². The molecular weight excluding hydrogens is 222 g/mol. The molecular formula is C13H21ClNO+. The van der Waals surface area contributed by atoms with Gasteiger partial charge in [0.25, 0.3) is 0 Å². The van der Waals surface area contributed by atoms with Crippen molar-refractivity contribution >= 4 is 11.6 Å². The predicted octanol–water partition coefficient (Wildman–Crippen LogP) is 3.27. The van der Waals surface area contributed by atoms with Crippen molar-refractivity contribution in [3.63, 3.8) is 0 Å². The van der Waals surface area contributed by atoms with Gasteiger partial charge in [0.05, 0.1) is 5.02 Å². The molecule has 0 aliphatic carbocycles. The summed E-state index contributed by atoms with van der Waals surface area (Å²) in [5.41, 5.74) is 0. The number of pyridine rings is 1. The van der Waals surface area contributed by atoms with E-state index in [0.29, 0.717) is 5.92 Å². The lowest BCUT2D eigenvalue weighted by Crippen LogP contribution is -2.43. The Morgan fingerprint density at radius 2 is 2.00 bits per heavy atom. The number of unbranched alkanes of at least 4 members (excludes halogenated alkanes) is 1. The molecule has 1 heterocycles. The predicted molar refractivity (Wildman–Crippen MR) is 66.4 cm³/mol. The molecule has 0 radical (unpaired) electrons. The van der Waals surface area contributed by atoms with Crippen LogP contribution >= 0.6 is 11.6 Å². The van der Waals surface area contributed by atoms with E-state index in [0.717, 1.165) is 11.6 Å². The molecule has 0 saturated heterocycles. The highest BCUT2D eigenvalue weighted by Crippen LogP contribution is 2.11. The zero-order valence-corrected chi connectivity index (χ0v) is 10.9. The van der Waals surface area contributed by atoms with Crippen LogP contribution in [-0.2, 0) is 0 Å². The average Bonchev–Trinajstić information content (AvgIpc) is 2.32. The molecule has 0 aromatic carbocycles. The second-order valence-electron chi connectivity index (χ2n) is 4.09. The van der Waals surface area contributed by atoms with Crippen molar-refractivity contribution in [2.24, 2.45) is 5.92 Å².